The van der Waals surface area contributed by atoms with Crippen LogP contribution in [0.2, 0.25) is 0 Å². The molecule has 0 aliphatic carbocycles. The zero-order chi connectivity index (χ0) is 12.5. The van der Waals surface area contributed by atoms with Crippen LogP contribution < -0.4 is 5.32 Å². The van der Waals surface area contributed by atoms with Crippen molar-refractivity contribution in [3.05, 3.63) is 22.4 Å². The van der Waals surface area contributed by atoms with Gasteiger partial charge in [-0.3, -0.25) is 9.59 Å². The van der Waals surface area contributed by atoms with E-state index in [9.17, 15) is 9.59 Å². The molecule has 2 saturated heterocycles. The first kappa shape index (κ1) is 11.7. The molecule has 1 aromatic heterocycles. The first-order chi connectivity index (χ1) is 8.72. The predicted molar refractivity (Wildman–Crippen MR) is 69.2 cm³/mol. The van der Waals surface area contributed by atoms with Gasteiger partial charge in [-0.2, -0.15) is 11.3 Å². The number of rotatable bonds is 2. The Balaban J connectivity index is 1.61. The number of likely N-dealkylation sites (tertiary alicyclic amines) is 1. The molecule has 18 heavy (non-hydrogen) atoms. The number of nitrogens with zero attached hydrogens (tertiary/aromatic N) is 1. The number of nitrogens with one attached hydrogen (secondary N) is 1. The molecule has 1 aromatic rings. The van der Waals surface area contributed by atoms with E-state index in [1.54, 1.807) is 11.3 Å². The number of hydrogen-bond acceptors (Lipinski definition) is 3. The molecule has 0 saturated carbocycles. The smallest absolute Gasteiger partial charge is 0.227 e. The Kier molecular flexibility index (Phi) is 3.07. The Morgan fingerprint density at radius 3 is 3.06 bits per heavy atom. The van der Waals surface area contributed by atoms with Gasteiger partial charge in [-0.05, 0) is 34.2 Å². The molecular weight excluding hydrogens is 248 g/mol. The van der Waals surface area contributed by atoms with Crippen LogP contribution in [0.3, 0.4) is 0 Å². The average Bonchev–Trinajstić information content (AvgIpc) is 2.96. The fourth-order valence-corrected chi connectivity index (χ4v) is 3.51. The molecular formula is C13H16N2O2S. The summed E-state index contributed by atoms with van der Waals surface area (Å²) in [6.07, 6.45) is 1.07. The largest absolute Gasteiger partial charge is 0.356 e. The summed E-state index contributed by atoms with van der Waals surface area (Å²) in [5, 5.41) is 6.90. The molecule has 2 fully saturated rings. The van der Waals surface area contributed by atoms with Crippen LogP contribution in [0.4, 0.5) is 0 Å². The lowest BCUT2D eigenvalue weighted by atomic mass is 9.89. The monoisotopic (exact) mass is 264 g/mol. The maximum absolute atomic E-state index is 12.2. The second-order valence-corrected chi connectivity index (χ2v) is 5.92. The first-order valence-electron chi connectivity index (χ1n) is 6.28. The molecule has 2 aliphatic rings. The Hall–Kier alpha value is -1.36. The number of fused-ring (bicyclic) bond motifs is 1. The van der Waals surface area contributed by atoms with E-state index < -0.39 is 0 Å². The highest BCUT2D eigenvalue weighted by Crippen LogP contribution is 2.28. The number of amides is 2. The molecule has 1 N–H and O–H groups in total. The molecule has 0 bridgehead atoms. The van der Waals surface area contributed by atoms with E-state index in [4.69, 9.17) is 0 Å². The van der Waals surface area contributed by atoms with Crippen LogP contribution in [-0.4, -0.2) is 36.3 Å². The van der Waals surface area contributed by atoms with Crippen LogP contribution in [0, 0.1) is 11.8 Å². The highest BCUT2D eigenvalue weighted by molar-refractivity contribution is 7.07. The van der Waals surface area contributed by atoms with E-state index in [0.29, 0.717) is 24.7 Å². The third kappa shape index (κ3) is 2.27. The SMILES string of the molecule is O=C1C[C@H]2CN(C(=O)Cc3ccsc3)C[C@H]2CN1. The van der Waals surface area contributed by atoms with Gasteiger partial charge in [0.1, 0.15) is 0 Å². The minimum atomic E-state index is 0.128. The van der Waals surface area contributed by atoms with Crippen LogP contribution in [0.5, 0.6) is 0 Å². The second-order valence-electron chi connectivity index (χ2n) is 5.14. The van der Waals surface area contributed by atoms with Gasteiger partial charge in [-0.1, -0.05) is 0 Å². The van der Waals surface area contributed by atoms with Crippen molar-refractivity contribution < 1.29 is 9.59 Å². The maximum atomic E-state index is 12.2. The molecule has 3 heterocycles. The van der Waals surface area contributed by atoms with Crippen LogP contribution in [0.15, 0.2) is 16.8 Å². The van der Waals surface area contributed by atoms with E-state index in [1.165, 1.54) is 0 Å². The van der Waals surface area contributed by atoms with E-state index in [1.807, 2.05) is 21.7 Å². The molecule has 3 rings (SSSR count). The van der Waals surface area contributed by atoms with Crippen molar-refractivity contribution in [2.75, 3.05) is 19.6 Å². The molecule has 96 valence electrons. The summed E-state index contributed by atoms with van der Waals surface area (Å²) in [7, 11) is 0. The summed E-state index contributed by atoms with van der Waals surface area (Å²) in [5.74, 6) is 1.14. The quantitative estimate of drug-likeness (QED) is 0.862. The van der Waals surface area contributed by atoms with Crippen LogP contribution in [0.25, 0.3) is 0 Å². The zero-order valence-corrected chi connectivity index (χ0v) is 10.9. The normalized spacial score (nSPS) is 26.9. The first-order valence-corrected chi connectivity index (χ1v) is 7.22. The predicted octanol–water partition coefficient (Wildman–Crippen LogP) is 0.885. The molecule has 2 atom stereocenters. The Morgan fingerprint density at radius 1 is 1.44 bits per heavy atom. The highest BCUT2D eigenvalue weighted by atomic mass is 32.1. The van der Waals surface area contributed by atoms with Crippen molar-refractivity contribution in [1.29, 1.82) is 0 Å². The number of piperidine rings is 1. The lowest BCUT2D eigenvalue weighted by molar-refractivity contribution is -0.130. The third-order valence-corrected chi connectivity index (χ3v) is 4.61. The molecule has 2 aliphatic heterocycles. The van der Waals surface area contributed by atoms with Gasteiger partial charge in [0.05, 0.1) is 6.42 Å². The number of carbonyl (C=O) groups excluding carboxylic acids is 2. The fourth-order valence-electron chi connectivity index (χ4n) is 2.84. The van der Waals surface area contributed by atoms with E-state index in [0.717, 1.165) is 25.2 Å². The van der Waals surface area contributed by atoms with Gasteiger partial charge >= 0.3 is 0 Å². The molecule has 0 radical (unpaired) electrons. The second kappa shape index (κ2) is 4.72. The van der Waals surface area contributed by atoms with Crippen LogP contribution in [-0.2, 0) is 16.0 Å². The van der Waals surface area contributed by atoms with Crippen molar-refractivity contribution in [2.45, 2.75) is 12.8 Å². The van der Waals surface area contributed by atoms with Gasteiger partial charge < -0.3 is 10.2 Å². The van der Waals surface area contributed by atoms with E-state index in [2.05, 4.69) is 5.32 Å². The van der Waals surface area contributed by atoms with Gasteiger partial charge in [-0.25, -0.2) is 0 Å². The topological polar surface area (TPSA) is 49.4 Å². The number of thiophene rings is 1. The van der Waals surface area contributed by atoms with Crippen molar-refractivity contribution in [1.82, 2.24) is 10.2 Å². The third-order valence-electron chi connectivity index (χ3n) is 3.87. The number of hydrogen-bond donors (Lipinski definition) is 1. The Bertz CT molecular complexity index is 458. The highest BCUT2D eigenvalue weighted by Gasteiger charge is 2.38. The molecule has 0 unspecified atom stereocenters. The zero-order valence-electron chi connectivity index (χ0n) is 10.1. The van der Waals surface area contributed by atoms with Crippen LogP contribution in [0.1, 0.15) is 12.0 Å². The molecule has 4 nitrogen and oxygen atoms in total. The Labute approximate surface area is 110 Å². The van der Waals surface area contributed by atoms with Crippen molar-refractivity contribution >= 4 is 23.2 Å². The molecule has 0 aromatic carbocycles. The summed E-state index contributed by atoms with van der Waals surface area (Å²) < 4.78 is 0. The maximum Gasteiger partial charge on any atom is 0.227 e. The number of carbonyl (C=O) groups is 2. The summed E-state index contributed by atoms with van der Waals surface area (Å²) in [5.41, 5.74) is 1.09. The van der Waals surface area contributed by atoms with Crippen molar-refractivity contribution in [3.63, 3.8) is 0 Å². The fraction of sp³-hybridized carbons (Fsp3) is 0.538. The van der Waals surface area contributed by atoms with Gasteiger partial charge in [0.15, 0.2) is 0 Å². The van der Waals surface area contributed by atoms with Crippen LogP contribution >= 0.6 is 11.3 Å². The summed E-state index contributed by atoms with van der Waals surface area (Å²) in [4.78, 5) is 25.4. The lowest BCUT2D eigenvalue weighted by Gasteiger charge is -2.23. The average molecular weight is 264 g/mol. The summed E-state index contributed by atoms with van der Waals surface area (Å²) in [6.45, 7) is 2.28. The van der Waals surface area contributed by atoms with Gasteiger partial charge in [0.2, 0.25) is 11.8 Å². The summed E-state index contributed by atoms with van der Waals surface area (Å²) in [6, 6.07) is 2.00. The van der Waals surface area contributed by atoms with Crippen molar-refractivity contribution in [3.8, 4) is 0 Å². The molecule has 5 heteroatoms. The standard InChI is InChI=1S/C13H16N2O2S/c16-12-4-10-6-15(7-11(10)5-14-12)13(17)3-9-1-2-18-8-9/h1-2,8,10-11H,3-7H2,(H,14,16)/t10-,11+/m0/s1. The minimum Gasteiger partial charge on any atom is -0.356 e. The van der Waals surface area contributed by atoms with Gasteiger partial charge in [0, 0.05) is 26.1 Å². The van der Waals surface area contributed by atoms with Gasteiger partial charge in [-0.15, -0.1) is 0 Å². The minimum absolute atomic E-state index is 0.128. The molecule has 0 spiro atoms. The van der Waals surface area contributed by atoms with E-state index >= 15 is 0 Å². The Morgan fingerprint density at radius 2 is 2.28 bits per heavy atom. The van der Waals surface area contributed by atoms with Gasteiger partial charge in [0.25, 0.3) is 0 Å². The lowest BCUT2D eigenvalue weighted by Crippen LogP contribution is -2.40. The van der Waals surface area contributed by atoms with E-state index in [-0.39, 0.29) is 11.8 Å². The summed E-state index contributed by atoms with van der Waals surface area (Å²) >= 11 is 1.62. The molecule has 2 amide bonds. The van der Waals surface area contributed by atoms with Crippen molar-refractivity contribution in [2.24, 2.45) is 11.8 Å².